The van der Waals surface area contributed by atoms with Crippen molar-refractivity contribution < 1.29 is 17.9 Å². The molecule has 0 unspecified atom stereocenters. The Morgan fingerprint density at radius 2 is 1.75 bits per heavy atom. The SMILES string of the molecule is Cc1cc(C)cc(NC(=O)COc2ccc(S(=O)(=O)NCC(C)C)cc2Cl)c1. The number of anilines is 1. The maximum atomic E-state index is 12.2. The summed E-state index contributed by atoms with van der Waals surface area (Å²) in [6.45, 7) is 7.81. The quantitative estimate of drug-likeness (QED) is 0.672. The van der Waals surface area contributed by atoms with Gasteiger partial charge in [0.15, 0.2) is 6.61 Å². The van der Waals surface area contributed by atoms with Crippen molar-refractivity contribution in [1.29, 1.82) is 0 Å². The van der Waals surface area contributed by atoms with E-state index in [0.29, 0.717) is 12.2 Å². The van der Waals surface area contributed by atoms with Crippen LogP contribution >= 0.6 is 11.6 Å². The number of carbonyl (C=O) groups is 1. The molecule has 0 saturated heterocycles. The monoisotopic (exact) mass is 424 g/mol. The Morgan fingerprint density at radius 3 is 2.32 bits per heavy atom. The minimum atomic E-state index is -3.64. The highest BCUT2D eigenvalue weighted by atomic mass is 35.5. The summed E-state index contributed by atoms with van der Waals surface area (Å²) >= 11 is 6.13. The van der Waals surface area contributed by atoms with Crippen LogP contribution in [0, 0.1) is 19.8 Å². The molecule has 0 spiro atoms. The van der Waals surface area contributed by atoms with Gasteiger partial charge in [-0.15, -0.1) is 0 Å². The molecule has 152 valence electrons. The van der Waals surface area contributed by atoms with Gasteiger partial charge in [-0.25, -0.2) is 13.1 Å². The third-order valence-electron chi connectivity index (χ3n) is 3.76. The van der Waals surface area contributed by atoms with Gasteiger partial charge >= 0.3 is 0 Å². The summed E-state index contributed by atoms with van der Waals surface area (Å²) in [6.07, 6.45) is 0. The summed E-state index contributed by atoms with van der Waals surface area (Å²) in [5.74, 6) is 0.0833. The zero-order valence-electron chi connectivity index (χ0n) is 16.4. The fourth-order valence-electron chi connectivity index (χ4n) is 2.51. The van der Waals surface area contributed by atoms with Crippen LogP contribution in [0.3, 0.4) is 0 Å². The van der Waals surface area contributed by atoms with Gasteiger partial charge in [0.2, 0.25) is 10.0 Å². The van der Waals surface area contributed by atoms with E-state index in [9.17, 15) is 13.2 Å². The second-order valence-electron chi connectivity index (χ2n) is 7.05. The number of nitrogens with one attached hydrogen (secondary N) is 2. The van der Waals surface area contributed by atoms with E-state index in [1.807, 2.05) is 45.9 Å². The third kappa shape index (κ3) is 6.51. The van der Waals surface area contributed by atoms with E-state index in [0.717, 1.165) is 11.1 Å². The molecule has 0 aliphatic rings. The maximum Gasteiger partial charge on any atom is 0.262 e. The van der Waals surface area contributed by atoms with Gasteiger partial charge < -0.3 is 10.1 Å². The molecule has 2 N–H and O–H groups in total. The Morgan fingerprint density at radius 1 is 1.11 bits per heavy atom. The van der Waals surface area contributed by atoms with Crippen molar-refractivity contribution in [3.05, 3.63) is 52.5 Å². The van der Waals surface area contributed by atoms with Crippen molar-refractivity contribution in [1.82, 2.24) is 4.72 Å². The largest absolute Gasteiger partial charge is 0.482 e. The lowest BCUT2D eigenvalue weighted by molar-refractivity contribution is -0.118. The van der Waals surface area contributed by atoms with E-state index in [-0.39, 0.29) is 34.1 Å². The molecule has 0 aliphatic carbocycles. The summed E-state index contributed by atoms with van der Waals surface area (Å²) in [5.41, 5.74) is 2.78. The number of hydrogen-bond acceptors (Lipinski definition) is 4. The average molecular weight is 425 g/mol. The molecule has 28 heavy (non-hydrogen) atoms. The highest BCUT2D eigenvalue weighted by Gasteiger charge is 2.17. The summed E-state index contributed by atoms with van der Waals surface area (Å²) in [4.78, 5) is 12.2. The van der Waals surface area contributed by atoms with Crippen LogP contribution in [0.2, 0.25) is 5.02 Å². The second kappa shape index (κ2) is 9.41. The Bertz CT molecular complexity index is 938. The summed E-state index contributed by atoms with van der Waals surface area (Å²) in [6, 6.07) is 9.88. The summed E-state index contributed by atoms with van der Waals surface area (Å²) < 4.78 is 32.5. The molecule has 0 radical (unpaired) electrons. The van der Waals surface area contributed by atoms with Crippen molar-refractivity contribution in [2.24, 2.45) is 5.92 Å². The molecule has 2 rings (SSSR count). The van der Waals surface area contributed by atoms with Gasteiger partial charge in [0, 0.05) is 12.2 Å². The molecule has 6 nitrogen and oxygen atoms in total. The Hall–Kier alpha value is -2.09. The van der Waals surface area contributed by atoms with Crippen molar-refractivity contribution >= 4 is 33.2 Å². The third-order valence-corrected chi connectivity index (χ3v) is 5.48. The molecule has 8 heteroatoms. The lowest BCUT2D eigenvalue weighted by Crippen LogP contribution is -2.27. The fourth-order valence-corrected chi connectivity index (χ4v) is 4.05. The van der Waals surface area contributed by atoms with Gasteiger partial charge in [-0.1, -0.05) is 31.5 Å². The van der Waals surface area contributed by atoms with Crippen molar-refractivity contribution in [2.75, 3.05) is 18.5 Å². The second-order valence-corrected chi connectivity index (χ2v) is 9.23. The van der Waals surface area contributed by atoms with Crippen LogP contribution in [0.1, 0.15) is 25.0 Å². The van der Waals surface area contributed by atoms with E-state index in [1.54, 1.807) is 0 Å². The molecule has 0 heterocycles. The molecular weight excluding hydrogens is 400 g/mol. The number of rotatable bonds is 8. The van der Waals surface area contributed by atoms with E-state index >= 15 is 0 Å². The van der Waals surface area contributed by atoms with E-state index in [2.05, 4.69) is 10.0 Å². The molecule has 0 aliphatic heterocycles. The number of halogens is 1. The Kier molecular flexibility index (Phi) is 7.46. The lowest BCUT2D eigenvalue weighted by Gasteiger charge is -2.12. The fraction of sp³-hybridized carbons (Fsp3) is 0.350. The number of benzene rings is 2. The van der Waals surface area contributed by atoms with Gasteiger partial charge in [-0.05, 0) is 61.2 Å². The van der Waals surface area contributed by atoms with Crippen molar-refractivity contribution in [3.8, 4) is 5.75 Å². The van der Waals surface area contributed by atoms with Crippen LogP contribution in [0.4, 0.5) is 5.69 Å². The maximum absolute atomic E-state index is 12.2. The predicted molar refractivity (Wildman–Crippen MR) is 112 cm³/mol. The number of ether oxygens (including phenoxy) is 1. The number of amides is 1. The number of hydrogen-bond donors (Lipinski definition) is 2. The number of carbonyl (C=O) groups excluding carboxylic acids is 1. The van der Waals surface area contributed by atoms with Crippen LogP contribution in [-0.4, -0.2) is 27.5 Å². The van der Waals surface area contributed by atoms with Crippen molar-refractivity contribution in [2.45, 2.75) is 32.6 Å². The normalized spacial score (nSPS) is 11.5. The molecule has 1 amide bonds. The van der Waals surface area contributed by atoms with Gasteiger partial charge in [-0.3, -0.25) is 4.79 Å². The molecule has 0 atom stereocenters. The average Bonchev–Trinajstić information content (AvgIpc) is 2.58. The minimum absolute atomic E-state index is 0.0465. The van der Waals surface area contributed by atoms with Gasteiger partial charge in [0.25, 0.3) is 5.91 Å². The molecule has 0 aromatic heterocycles. The molecule has 2 aromatic rings. The minimum Gasteiger partial charge on any atom is -0.482 e. The summed E-state index contributed by atoms with van der Waals surface area (Å²) in [7, 11) is -3.64. The zero-order valence-corrected chi connectivity index (χ0v) is 17.9. The Labute approximate surface area is 171 Å². The number of sulfonamides is 1. The van der Waals surface area contributed by atoms with Crippen LogP contribution < -0.4 is 14.8 Å². The molecular formula is C20H25ClN2O4S. The van der Waals surface area contributed by atoms with Crippen LogP contribution in [0.5, 0.6) is 5.75 Å². The first-order chi connectivity index (χ1) is 13.1. The van der Waals surface area contributed by atoms with Crippen molar-refractivity contribution in [3.63, 3.8) is 0 Å². The number of aryl methyl sites for hydroxylation is 2. The first-order valence-corrected chi connectivity index (χ1v) is 10.7. The molecule has 2 aromatic carbocycles. The first-order valence-electron chi connectivity index (χ1n) is 8.87. The van der Waals surface area contributed by atoms with Gasteiger partial charge in [0.1, 0.15) is 5.75 Å². The molecule has 0 bridgehead atoms. The molecule has 0 saturated carbocycles. The van der Waals surface area contributed by atoms with Gasteiger partial charge in [-0.2, -0.15) is 0 Å². The van der Waals surface area contributed by atoms with E-state index in [4.69, 9.17) is 16.3 Å². The lowest BCUT2D eigenvalue weighted by atomic mass is 10.1. The van der Waals surface area contributed by atoms with E-state index in [1.165, 1.54) is 18.2 Å². The van der Waals surface area contributed by atoms with Crippen LogP contribution in [-0.2, 0) is 14.8 Å². The first kappa shape index (κ1) is 22.2. The standard InChI is InChI=1S/C20H25ClN2O4S/c1-13(2)11-22-28(25,26)17-5-6-19(18(21)10-17)27-12-20(24)23-16-8-14(3)7-15(4)9-16/h5-10,13,22H,11-12H2,1-4H3,(H,23,24). The van der Waals surface area contributed by atoms with Crippen LogP contribution in [0.25, 0.3) is 0 Å². The predicted octanol–water partition coefficient (Wildman–Crippen LogP) is 3.91. The van der Waals surface area contributed by atoms with Crippen LogP contribution in [0.15, 0.2) is 41.3 Å². The highest BCUT2D eigenvalue weighted by molar-refractivity contribution is 7.89. The Balaban J connectivity index is 2.00. The smallest absolute Gasteiger partial charge is 0.262 e. The highest BCUT2D eigenvalue weighted by Crippen LogP contribution is 2.27. The van der Waals surface area contributed by atoms with Gasteiger partial charge in [0.05, 0.1) is 9.92 Å². The topological polar surface area (TPSA) is 84.5 Å². The summed E-state index contributed by atoms with van der Waals surface area (Å²) in [5, 5.41) is 2.88. The zero-order chi connectivity index (χ0) is 20.9. The molecule has 0 fully saturated rings. The van der Waals surface area contributed by atoms with E-state index < -0.39 is 10.0 Å².